The van der Waals surface area contributed by atoms with Crippen LogP contribution in [0.2, 0.25) is 0 Å². The fourth-order valence-electron chi connectivity index (χ4n) is 1.53. The first kappa shape index (κ1) is 15.6. The summed E-state index contributed by atoms with van der Waals surface area (Å²) in [7, 11) is -3.43. The van der Waals surface area contributed by atoms with Crippen LogP contribution >= 0.6 is 11.8 Å². The zero-order valence-electron chi connectivity index (χ0n) is 11.0. The quantitative estimate of drug-likeness (QED) is 0.785. The second-order valence-electron chi connectivity index (χ2n) is 4.06. The van der Waals surface area contributed by atoms with Crippen LogP contribution in [0.25, 0.3) is 0 Å². The number of rotatable bonds is 7. The Morgan fingerprint density at radius 1 is 1.56 bits per heavy atom. The topological polar surface area (TPSA) is 77.1 Å². The molecule has 0 saturated heterocycles. The number of thioether (sulfide) groups is 1. The lowest BCUT2D eigenvalue weighted by atomic mass is 10.4. The molecule has 0 fully saturated rings. The number of nitrogens with two attached hydrogens (primary N) is 1. The van der Waals surface area contributed by atoms with Crippen molar-refractivity contribution in [2.45, 2.75) is 37.1 Å². The van der Waals surface area contributed by atoms with Gasteiger partial charge in [0.25, 0.3) is 0 Å². The summed E-state index contributed by atoms with van der Waals surface area (Å²) in [6, 6.07) is 1.63. The molecule has 1 unspecified atom stereocenters. The third-order valence-corrected chi connectivity index (χ3v) is 5.15. The normalized spacial score (nSPS) is 13.8. The molecule has 7 heteroatoms. The second kappa shape index (κ2) is 6.60. The van der Waals surface area contributed by atoms with Gasteiger partial charge in [0.1, 0.15) is 0 Å². The summed E-state index contributed by atoms with van der Waals surface area (Å²) in [6.45, 7) is 5.42. The number of aryl methyl sites for hydroxylation is 1. The van der Waals surface area contributed by atoms with Crippen LogP contribution in [-0.2, 0) is 23.1 Å². The van der Waals surface area contributed by atoms with Gasteiger partial charge in [0, 0.05) is 36.8 Å². The average molecular weight is 291 g/mol. The average Bonchev–Trinajstić information content (AvgIpc) is 2.79. The standard InChI is InChI=1S/C11H21N3O2S2/c1-4-14-8-11(5-10(14)6-12)18(15,16)13-7-9(2)17-3/h5,8-9,13H,4,6-7,12H2,1-3H3. The summed E-state index contributed by atoms with van der Waals surface area (Å²) in [5.41, 5.74) is 6.42. The highest BCUT2D eigenvalue weighted by molar-refractivity contribution is 7.99. The van der Waals surface area contributed by atoms with E-state index in [2.05, 4.69) is 4.72 Å². The Morgan fingerprint density at radius 2 is 2.22 bits per heavy atom. The minimum Gasteiger partial charge on any atom is -0.349 e. The van der Waals surface area contributed by atoms with Crippen molar-refractivity contribution < 1.29 is 8.42 Å². The Labute approximate surface area is 113 Å². The lowest BCUT2D eigenvalue weighted by Gasteiger charge is -2.09. The van der Waals surface area contributed by atoms with E-state index < -0.39 is 10.0 Å². The fraction of sp³-hybridized carbons (Fsp3) is 0.636. The predicted molar refractivity (Wildman–Crippen MR) is 76.2 cm³/mol. The van der Waals surface area contributed by atoms with E-state index in [0.717, 1.165) is 5.69 Å². The van der Waals surface area contributed by atoms with Crippen LogP contribution in [0, 0.1) is 0 Å². The van der Waals surface area contributed by atoms with Gasteiger partial charge in [-0.25, -0.2) is 13.1 Å². The molecule has 0 saturated carbocycles. The van der Waals surface area contributed by atoms with E-state index in [4.69, 9.17) is 5.73 Å². The number of hydrogen-bond donors (Lipinski definition) is 2. The van der Waals surface area contributed by atoms with Gasteiger partial charge >= 0.3 is 0 Å². The molecule has 0 aliphatic heterocycles. The van der Waals surface area contributed by atoms with Gasteiger partial charge in [-0.1, -0.05) is 6.92 Å². The zero-order chi connectivity index (χ0) is 13.8. The SMILES string of the molecule is CCn1cc(S(=O)(=O)NCC(C)SC)cc1CN. The summed E-state index contributed by atoms with van der Waals surface area (Å²) < 4.78 is 28.6. The Morgan fingerprint density at radius 3 is 2.67 bits per heavy atom. The lowest BCUT2D eigenvalue weighted by Crippen LogP contribution is -2.29. The van der Waals surface area contributed by atoms with E-state index in [9.17, 15) is 8.42 Å². The summed E-state index contributed by atoms with van der Waals surface area (Å²) in [6.07, 6.45) is 3.59. The molecule has 18 heavy (non-hydrogen) atoms. The van der Waals surface area contributed by atoms with Gasteiger partial charge in [-0.15, -0.1) is 0 Å². The molecule has 0 aromatic carbocycles. The molecule has 1 aromatic rings. The van der Waals surface area contributed by atoms with Gasteiger partial charge < -0.3 is 10.3 Å². The van der Waals surface area contributed by atoms with E-state index in [0.29, 0.717) is 19.6 Å². The third-order valence-electron chi connectivity index (χ3n) is 2.78. The molecule has 1 aromatic heterocycles. The summed E-state index contributed by atoms with van der Waals surface area (Å²) in [5, 5.41) is 0.252. The largest absolute Gasteiger partial charge is 0.349 e. The maximum absolute atomic E-state index is 12.1. The summed E-state index contributed by atoms with van der Waals surface area (Å²) in [5.74, 6) is 0. The Bertz CT molecular complexity index is 461. The van der Waals surface area contributed by atoms with Crippen molar-refractivity contribution in [2.75, 3.05) is 12.8 Å². The molecule has 0 aliphatic rings. The van der Waals surface area contributed by atoms with Gasteiger partial charge in [-0.05, 0) is 19.2 Å². The van der Waals surface area contributed by atoms with Crippen LogP contribution in [0.1, 0.15) is 19.5 Å². The first-order valence-corrected chi connectivity index (χ1v) is 8.63. The molecular formula is C11H21N3O2S2. The molecule has 0 bridgehead atoms. The van der Waals surface area contributed by atoms with E-state index in [1.165, 1.54) is 0 Å². The first-order chi connectivity index (χ1) is 8.44. The molecule has 0 amide bonds. The highest BCUT2D eigenvalue weighted by Gasteiger charge is 2.18. The van der Waals surface area contributed by atoms with Crippen LogP contribution < -0.4 is 10.5 Å². The minimum absolute atomic E-state index is 0.252. The molecule has 5 nitrogen and oxygen atoms in total. The van der Waals surface area contributed by atoms with Crippen molar-refractivity contribution in [1.82, 2.24) is 9.29 Å². The van der Waals surface area contributed by atoms with Gasteiger partial charge in [0.15, 0.2) is 0 Å². The van der Waals surface area contributed by atoms with Gasteiger partial charge in [0.2, 0.25) is 10.0 Å². The smallest absolute Gasteiger partial charge is 0.242 e. The maximum atomic E-state index is 12.1. The molecule has 1 atom stereocenters. The van der Waals surface area contributed by atoms with Crippen LogP contribution in [0.5, 0.6) is 0 Å². The van der Waals surface area contributed by atoms with Crippen molar-refractivity contribution in [3.05, 3.63) is 18.0 Å². The van der Waals surface area contributed by atoms with E-state index >= 15 is 0 Å². The summed E-state index contributed by atoms with van der Waals surface area (Å²) >= 11 is 1.63. The first-order valence-electron chi connectivity index (χ1n) is 5.86. The number of nitrogens with one attached hydrogen (secondary N) is 1. The fourth-order valence-corrected chi connectivity index (χ4v) is 3.08. The maximum Gasteiger partial charge on any atom is 0.242 e. The van der Waals surface area contributed by atoms with Crippen LogP contribution in [0.15, 0.2) is 17.2 Å². The molecule has 3 N–H and O–H groups in total. The third kappa shape index (κ3) is 3.74. The summed E-state index contributed by atoms with van der Waals surface area (Å²) in [4.78, 5) is 0.290. The minimum atomic E-state index is -3.43. The van der Waals surface area contributed by atoms with Gasteiger partial charge in [0.05, 0.1) is 4.90 Å². The molecular weight excluding hydrogens is 270 g/mol. The van der Waals surface area contributed by atoms with Crippen molar-refractivity contribution in [1.29, 1.82) is 0 Å². The van der Waals surface area contributed by atoms with E-state index in [-0.39, 0.29) is 10.1 Å². The van der Waals surface area contributed by atoms with Crippen molar-refractivity contribution in [3.8, 4) is 0 Å². The number of aromatic nitrogens is 1. The van der Waals surface area contributed by atoms with Gasteiger partial charge in [-0.2, -0.15) is 11.8 Å². The van der Waals surface area contributed by atoms with Crippen molar-refractivity contribution in [2.24, 2.45) is 5.73 Å². The predicted octanol–water partition coefficient (Wildman–Crippen LogP) is 0.996. The molecule has 0 radical (unpaired) electrons. The van der Waals surface area contributed by atoms with Crippen LogP contribution in [-0.4, -0.2) is 31.0 Å². The zero-order valence-corrected chi connectivity index (χ0v) is 12.6. The monoisotopic (exact) mass is 291 g/mol. The Hall–Kier alpha value is -0.500. The van der Waals surface area contributed by atoms with Crippen LogP contribution in [0.3, 0.4) is 0 Å². The Balaban J connectivity index is 2.88. The number of sulfonamides is 1. The number of nitrogens with zero attached hydrogens (tertiary/aromatic N) is 1. The van der Waals surface area contributed by atoms with E-state index in [1.54, 1.807) is 24.0 Å². The molecule has 104 valence electrons. The molecule has 0 aliphatic carbocycles. The lowest BCUT2D eigenvalue weighted by molar-refractivity contribution is 0.581. The van der Waals surface area contributed by atoms with Crippen molar-refractivity contribution in [3.63, 3.8) is 0 Å². The van der Waals surface area contributed by atoms with Crippen molar-refractivity contribution >= 4 is 21.8 Å². The molecule has 1 heterocycles. The van der Waals surface area contributed by atoms with Crippen LogP contribution in [0.4, 0.5) is 0 Å². The molecule has 1 rings (SSSR count). The highest BCUT2D eigenvalue weighted by atomic mass is 32.2. The van der Waals surface area contributed by atoms with E-state index in [1.807, 2.05) is 24.7 Å². The highest BCUT2D eigenvalue weighted by Crippen LogP contribution is 2.14. The second-order valence-corrected chi connectivity index (χ2v) is 7.10. The number of hydrogen-bond acceptors (Lipinski definition) is 4. The van der Waals surface area contributed by atoms with Gasteiger partial charge in [-0.3, -0.25) is 0 Å². The Kier molecular flexibility index (Phi) is 5.71. The molecule has 0 spiro atoms.